The highest BCUT2D eigenvalue weighted by Gasteiger charge is 2.27. The number of amides is 2. The van der Waals surface area contributed by atoms with E-state index in [4.69, 9.17) is 0 Å². The van der Waals surface area contributed by atoms with Gasteiger partial charge in [-0.1, -0.05) is 29.8 Å². The van der Waals surface area contributed by atoms with Crippen molar-refractivity contribution in [2.45, 2.75) is 19.9 Å². The Morgan fingerprint density at radius 3 is 2.53 bits per heavy atom. The first kappa shape index (κ1) is 11.6. The second-order valence-electron chi connectivity index (χ2n) is 4.39. The van der Waals surface area contributed by atoms with Gasteiger partial charge >= 0.3 is 0 Å². The van der Waals surface area contributed by atoms with Gasteiger partial charge in [0.1, 0.15) is 6.54 Å². The molecule has 0 aromatic heterocycles. The molecule has 0 radical (unpaired) electrons. The number of carbonyl (C=O) groups excluding carboxylic acids is 2. The molecular weight excluding hydrogens is 216 g/mol. The Labute approximate surface area is 101 Å². The highest BCUT2D eigenvalue weighted by atomic mass is 16.2. The molecule has 90 valence electrons. The summed E-state index contributed by atoms with van der Waals surface area (Å²) in [4.78, 5) is 24.7. The topological polar surface area (TPSA) is 49.4 Å². The number of carbonyl (C=O) groups is 2. The first-order valence-electron chi connectivity index (χ1n) is 5.70. The third kappa shape index (κ3) is 2.46. The second kappa shape index (κ2) is 4.57. The van der Waals surface area contributed by atoms with Crippen molar-refractivity contribution in [1.29, 1.82) is 0 Å². The lowest BCUT2D eigenvalue weighted by Gasteiger charge is -2.32. The van der Waals surface area contributed by atoms with Gasteiger partial charge in [-0.2, -0.15) is 0 Å². The molecule has 1 aromatic carbocycles. The highest BCUT2D eigenvalue weighted by molar-refractivity contribution is 5.92. The van der Waals surface area contributed by atoms with Crippen LogP contribution in [0.4, 0.5) is 0 Å². The maximum atomic E-state index is 11.7. The fourth-order valence-corrected chi connectivity index (χ4v) is 1.95. The quantitative estimate of drug-likeness (QED) is 0.827. The molecule has 1 atom stereocenters. The smallest absolute Gasteiger partial charge is 0.242 e. The summed E-state index contributed by atoms with van der Waals surface area (Å²) < 4.78 is 0. The minimum Gasteiger partial charge on any atom is -0.345 e. The summed E-state index contributed by atoms with van der Waals surface area (Å²) in [6.45, 7) is 4.22. The van der Waals surface area contributed by atoms with Crippen molar-refractivity contribution in [3.8, 4) is 0 Å². The Morgan fingerprint density at radius 1 is 1.24 bits per heavy atom. The van der Waals surface area contributed by atoms with Crippen LogP contribution in [0, 0.1) is 6.92 Å². The van der Waals surface area contributed by atoms with Crippen LogP contribution in [-0.4, -0.2) is 29.8 Å². The van der Waals surface area contributed by atoms with E-state index in [0.717, 1.165) is 5.56 Å². The molecule has 1 saturated heterocycles. The molecule has 2 amide bonds. The second-order valence-corrected chi connectivity index (χ2v) is 4.39. The summed E-state index contributed by atoms with van der Waals surface area (Å²) in [7, 11) is 0. The summed E-state index contributed by atoms with van der Waals surface area (Å²) in [5, 5.41) is 2.55. The first-order chi connectivity index (χ1) is 8.08. The molecule has 1 aliphatic heterocycles. The molecule has 1 aliphatic rings. The van der Waals surface area contributed by atoms with E-state index < -0.39 is 0 Å². The Hall–Kier alpha value is -1.84. The predicted molar refractivity (Wildman–Crippen MR) is 64.3 cm³/mol. The maximum Gasteiger partial charge on any atom is 0.242 e. The molecule has 4 nitrogen and oxygen atoms in total. The van der Waals surface area contributed by atoms with Crippen LogP contribution in [0.1, 0.15) is 24.1 Å². The lowest BCUT2D eigenvalue weighted by molar-refractivity contribution is -0.142. The summed E-state index contributed by atoms with van der Waals surface area (Å²) >= 11 is 0. The van der Waals surface area contributed by atoms with Crippen LogP contribution in [0.5, 0.6) is 0 Å². The van der Waals surface area contributed by atoms with Crippen LogP contribution in [-0.2, 0) is 9.59 Å². The number of aryl methyl sites for hydroxylation is 1. The molecule has 1 N–H and O–H groups in total. The fraction of sp³-hybridized carbons (Fsp3) is 0.385. The van der Waals surface area contributed by atoms with Gasteiger partial charge in [0.25, 0.3) is 0 Å². The van der Waals surface area contributed by atoms with Crippen molar-refractivity contribution >= 4 is 11.8 Å². The molecule has 1 heterocycles. The Bertz CT molecular complexity index is 439. The third-order valence-corrected chi connectivity index (χ3v) is 3.10. The molecule has 0 bridgehead atoms. The molecule has 2 rings (SSSR count). The zero-order valence-corrected chi connectivity index (χ0v) is 10.1. The lowest BCUT2D eigenvalue weighted by Crippen LogP contribution is -2.52. The molecule has 0 aliphatic carbocycles. The number of rotatable bonds is 2. The normalized spacial score (nSPS) is 17.9. The van der Waals surface area contributed by atoms with Crippen LogP contribution in [0.3, 0.4) is 0 Å². The molecule has 4 heteroatoms. The van der Waals surface area contributed by atoms with E-state index >= 15 is 0 Å². The number of hydrogen-bond donors (Lipinski definition) is 1. The lowest BCUT2D eigenvalue weighted by atomic mass is 10.0. The van der Waals surface area contributed by atoms with E-state index in [1.807, 2.05) is 38.1 Å². The zero-order chi connectivity index (χ0) is 12.4. The summed E-state index contributed by atoms with van der Waals surface area (Å²) in [5.41, 5.74) is 2.24. The van der Waals surface area contributed by atoms with Crippen LogP contribution in [0.25, 0.3) is 0 Å². The highest BCUT2D eigenvalue weighted by Crippen LogP contribution is 2.21. The molecular formula is C13H16N2O2. The van der Waals surface area contributed by atoms with Crippen molar-refractivity contribution < 1.29 is 9.59 Å². The summed E-state index contributed by atoms with van der Waals surface area (Å²) in [5.74, 6) is -0.124. The number of nitrogens with zero attached hydrogens (tertiary/aromatic N) is 1. The van der Waals surface area contributed by atoms with Gasteiger partial charge in [-0.15, -0.1) is 0 Å². The average Bonchev–Trinajstić information content (AvgIpc) is 2.32. The monoisotopic (exact) mass is 232 g/mol. The largest absolute Gasteiger partial charge is 0.345 e. The number of benzene rings is 1. The van der Waals surface area contributed by atoms with Crippen molar-refractivity contribution in [2.24, 2.45) is 0 Å². The molecule has 17 heavy (non-hydrogen) atoms. The van der Waals surface area contributed by atoms with Gasteiger partial charge in [-0.25, -0.2) is 0 Å². The van der Waals surface area contributed by atoms with Gasteiger partial charge in [0, 0.05) is 0 Å². The SMILES string of the molecule is Cc1ccc(C(C)N2CC(=O)NCC2=O)cc1. The van der Waals surface area contributed by atoms with Crippen LogP contribution in [0.2, 0.25) is 0 Å². The standard InChI is InChI=1S/C13H16N2O2/c1-9-3-5-11(6-4-9)10(2)15-8-12(16)14-7-13(15)17/h3-6,10H,7-8H2,1-2H3,(H,14,16). The van der Waals surface area contributed by atoms with E-state index in [9.17, 15) is 9.59 Å². The molecule has 1 aromatic rings. The summed E-state index contributed by atoms with van der Waals surface area (Å²) in [6, 6.07) is 7.97. The van der Waals surface area contributed by atoms with Gasteiger partial charge in [0.2, 0.25) is 11.8 Å². The third-order valence-electron chi connectivity index (χ3n) is 3.10. The van der Waals surface area contributed by atoms with Gasteiger partial charge in [-0.3, -0.25) is 9.59 Å². The van der Waals surface area contributed by atoms with Gasteiger partial charge in [-0.05, 0) is 19.4 Å². The summed E-state index contributed by atoms with van der Waals surface area (Å²) in [6.07, 6.45) is 0. The molecule has 1 fully saturated rings. The van der Waals surface area contributed by atoms with E-state index in [2.05, 4.69) is 5.32 Å². The van der Waals surface area contributed by atoms with Gasteiger partial charge in [0.15, 0.2) is 0 Å². The van der Waals surface area contributed by atoms with E-state index in [1.165, 1.54) is 5.56 Å². The first-order valence-corrected chi connectivity index (χ1v) is 5.70. The Morgan fingerprint density at radius 2 is 1.88 bits per heavy atom. The Kier molecular flexibility index (Phi) is 3.13. The van der Waals surface area contributed by atoms with Crippen LogP contribution < -0.4 is 5.32 Å². The van der Waals surface area contributed by atoms with Crippen LogP contribution in [0.15, 0.2) is 24.3 Å². The predicted octanol–water partition coefficient (Wildman–Crippen LogP) is 1.01. The zero-order valence-electron chi connectivity index (χ0n) is 10.1. The molecule has 0 spiro atoms. The van der Waals surface area contributed by atoms with E-state index in [-0.39, 0.29) is 30.9 Å². The number of nitrogens with one attached hydrogen (secondary N) is 1. The minimum absolute atomic E-state index is 0.0299. The van der Waals surface area contributed by atoms with Crippen molar-refractivity contribution in [2.75, 3.05) is 13.1 Å². The van der Waals surface area contributed by atoms with Crippen LogP contribution >= 0.6 is 0 Å². The van der Waals surface area contributed by atoms with Crippen molar-refractivity contribution in [3.05, 3.63) is 35.4 Å². The molecule has 0 saturated carbocycles. The molecule has 1 unspecified atom stereocenters. The van der Waals surface area contributed by atoms with Gasteiger partial charge in [0.05, 0.1) is 12.6 Å². The van der Waals surface area contributed by atoms with Crippen molar-refractivity contribution in [1.82, 2.24) is 10.2 Å². The van der Waals surface area contributed by atoms with E-state index in [1.54, 1.807) is 4.90 Å². The van der Waals surface area contributed by atoms with Gasteiger partial charge < -0.3 is 10.2 Å². The average molecular weight is 232 g/mol. The fourth-order valence-electron chi connectivity index (χ4n) is 1.95. The number of piperazine rings is 1. The maximum absolute atomic E-state index is 11.7. The minimum atomic E-state index is -0.0939. The van der Waals surface area contributed by atoms with E-state index in [0.29, 0.717) is 0 Å². The Balaban J connectivity index is 2.18. The number of hydrogen-bond acceptors (Lipinski definition) is 2. The van der Waals surface area contributed by atoms with Crippen molar-refractivity contribution in [3.63, 3.8) is 0 Å².